The first-order valence-electron chi connectivity index (χ1n) is 7.89. The molecule has 6 nitrogen and oxygen atoms in total. The standard InChI is InChI=1S/C19H15ClN2O4/c1-2-26-15-9-12(8-13(20)11-15)10-16-17(23)21-19(25)22(18(16)24)14-6-4-3-5-7-14/h3-11H,2H2,1H3,(H,21,23,25)/b16-10+. The van der Waals surface area contributed by atoms with Crippen LogP contribution >= 0.6 is 11.6 Å². The number of carbonyl (C=O) groups is 3. The Balaban J connectivity index is 2.01. The van der Waals surface area contributed by atoms with Crippen molar-refractivity contribution in [3.8, 4) is 5.75 Å². The molecule has 2 aromatic carbocycles. The van der Waals surface area contributed by atoms with Gasteiger partial charge in [-0.1, -0.05) is 29.8 Å². The number of halogens is 1. The van der Waals surface area contributed by atoms with Gasteiger partial charge in [0.15, 0.2) is 0 Å². The average molecular weight is 371 g/mol. The van der Waals surface area contributed by atoms with Gasteiger partial charge < -0.3 is 4.74 Å². The van der Waals surface area contributed by atoms with Gasteiger partial charge in [-0.05, 0) is 48.9 Å². The Morgan fingerprint density at radius 3 is 2.54 bits per heavy atom. The number of ether oxygens (including phenoxy) is 1. The summed E-state index contributed by atoms with van der Waals surface area (Å²) < 4.78 is 5.41. The maximum Gasteiger partial charge on any atom is 0.335 e. The second-order valence-corrected chi connectivity index (χ2v) is 5.88. The SMILES string of the molecule is CCOc1cc(Cl)cc(/C=C2\C(=O)NC(=O)N(c3ccccc3)C2=O)c1. The van der Waals surface area contributed by atoms with Crippen molar-refractivity contribution in [1.29, 1.82) is 0 Å². The molecule has 4 amide bonds. The van der Waals surface area contributed by atoms with E-state index in [4.69, 9.17) is 16.3 Å². The summed E-state index contributed by atoms with van der Waals surface area (Å²) in [7, 11) is 0. The Kier molecular flexibility index (Phi) is 5.04. The first kappa shape index (κ1) is 17.7. The number of benzene rings is 2. The molecule has 2 aromatic rings. The molecule has 1 heterocycles. The highest BCUT2D eigenvalue weighted by Crippen LogP contribution is 2.25. The first-order valence-corrected chi connectivity index (χ1v) is 8.27. The highest BCUT2D eigenvalue weighted by Gasteiger charge is 2.36. The minimum absolute atomic E-state index is 0.168. The van der Waals surface area contributed by atoms with E-state index < -0.39 is 17.8 Å². The van der Waals surface area contributed by atoms with Crippen molar-refractivity contribution in [2.45, 2.75) is 6.92 Å². The van der Waals surface area contributed by atoms with Gasteiger partial charge in [0, 0.05) is 5.02 Å². The van der Waals surface area contributed by atoms with E-state index in [-0.39, 0.29) is 5.57 Å². The molecule has 3 rings (SSSR count). The van der Waals surface area contributed by atoms with Gasteiger partial charge in [-0.2, -0.15) is 0 Å². The van der Waals surface area contributed by atoms with Gasteiger partial charge in [0.05, 0.1) is 12.3 Å². The van der Waals surface area contributed by atoms with Crippen LogP contribution in [-0.4, -0.2) is 24.5 Å². The van der Waals surface area contributed by atoms with Gasteiger partial charge in [0.25, 0.3) is 11.8 Å². The van der Waals surface area contributed by atoms with Crippen LogP contribution in [0.15, 0.2) is 54.1 Å². The monoisotopic (exact) mass is 370 g/mol. The molecule has 0 spiro atoms. The summed E-state index contributed by atoms with van der Waals surface area (Å²) in [6.45, 7) is 2.28. The fraction of sp³-hybridized carbons (Fsp3) is 0.105. The van der Waals surface area contributed by atoms with Crippen LogP contribution in [0.5, 0.6) is 5.75 Å². The van der Waals surface area contributed by atoms with Crippen LogP contribution in [0.4, 0.5) is 10.5 Å². The van der Waals surface area contributed by atoms with Gasteiger partial charge in [0.1, 0.15) is 11.3 Å². The molecule has 0 bridgehead atoms. The Labute approximate surface area is 155 Å². The number of hydrogen-bond acceptors (Lipinski definition) is 4. The molecule has 1 saturated heterocycles. The molecule has 1 aliphatic heterocycles. The molecule has 0 unspecified atom stereocenters. The summed E-state index contributed by atoms with van der Waals surface area (Å²) in [6.07, 6.45) is 1.38. The number of nitrogens with zero attached hydrogens (tertiary/aromatic N) is 1. The zero-order chi connectivity index (χ0) is 18.7. The van der Waals surface area contributed by atoms with Crippen LogP contribution < -0.4 is 15.0 Å². The number of carbonyl (C=O) groups excluding carboxylic acids is 3. The largest absolute Gasteiger partial charge is 0.494 e. The van der Waals surface area contributed by atoms with Gasteiger partial charge in [-0.3, -0.25) is 14.9 Å². The van der Waals surface area contributed by atoms with Gasteiger partial charge in [0.2, 0.25) is 0 Å². The second-order valence-electron chi connectivity index (χ2n) is 5.45. The van der Waals surface area contributed by atoms with Crippen molar-refractivity contribution in [2.75, 3.05) is 11.5 Å². The molecule has 1 aliphatic rings. The van der Waals surface area contributed by atoms with Crippen molar-refractivity contribution in [2.24, 2.45) is 0 Å². The maximum absolute atomic E-state index is 12.8. The van der Waals surface area contributed by atoms with Crippen LogP contribution in [0.25, 0.3) is 6.08 Å². The van der Waals surface area contributed by atoms with Crippen molar-refractivity contribution in [3.05, 3.63) is 64.7 Å². The molecule has 0 atom stereocenters. The lowest BCUT2D eigenvalue weighted by atomic mass is 10.1. The maximum atomic E-state index is 12.8. The molecule has 0 aromatic heterocycles. The minimum Gasteiger partial charge on any atom is -0.494 e. The van der Waals surface area contributed by atoms with Crippen LogP contribution in [-0.2, 0) is 9.59 Å². The predicted octanol–water partition coefficient (Wildman–Crippen LogP) is 3.41. The van der Waals surface area contributed by atoms with Crippen molar-refractivity contribution in [3.63, 3.8) is 0 Å². The van der Waals surface area contributed by atoms with E-state index in [1.165, 1.54) is 6.08 Å². The summed E-state index contributed by atoms with van der Waals surface area (Å²) in [5.41, 5.74) is 0.717. The number of rotatable bonds is 4. The molecule has 26 heavy (non-hydrogen) atoms. The van der Waals surface area contributed by atoms with E-state index in [2.05, 4.69) is 5.32 Å². The third-order valence-corrected chi connectivity index (χ3v) is 3.85. The van der Waals surface area contributed by atoms with Crippen LogP contribution in [0, 0.1) is 0 Å². The molecule has 0 aliphatic carbocycles. The van der Waals surface area contributed by atoms with Crippen LogP contribution in [0.3, 0.4) is 0 Å². The normalized spacial score (nSPS) is 16.0. The van der Waals surface area contributed by atoms with Crippen LogP contribution in [0.2, 0.25) is 5.02 Å². The zero-order valence-electron chi connectivity index (χ0n) is 13.9. The fourth-order valence-electron chi connectivity index (χ4n) is 2.55. The number of amides is 4. The Morgan fingerprint density at radius 1 is 1.12 bits per heavy atom. The van der Waals surface area contributed by atoms with E-state index in [0.29, 0.717) is 28.6 Å². The molecule has 0 radical (unpaired) electrons. The Hall–Kier alpha value is -3.12. The number of anilines is 1. The van der Waals surface area contributed by atoms with E-state index in [0.717, 1.165) is 4.90 Å². The number of barbiturate groups is 1. The lowest BCUT2D eigenvalue weighted by Crippen LogP contribution is -2.54. The Morgan fingerprint density at radius 2 is 1.85 bits per heavy atom. The minimum atomic E-state index is -0.788. The second kappa shape index (κ2) is 7.41. The predicted molar refractivity (Wildman–Crippen MR) is 98.1 cm³/mol. The number of para-hydroxylation sites is 1. The van der Waals surface area contributed by atoms with E-state index in [1.807, 2.05) is 6.92 Å². The summed E-state index contributed by atoms with van der Waals surface area (Å²) in [5.74, 6) is -0.945. The Bertz CT molecular complexity index is 909. The molecular formula is C19H15ClN2O4. The van der Waals surface area contributed by atoms with E-state index in [9.17, 15) is 14.4 Å². The highest BCUT2D eigenvalue weighted by atomic mass is 35.5. The molecule has 7 heteroatoms. The third-order valence-electron chi connectivity index (χ3n) is 3.63. The number of urea groups is 1. The first-order chi connectivity index (χ1) is 12.5. The van der Waals surface area contributed by atoms with Gasteiger partial charge >= 0.3 is 6.03 Å². The molecule has 1 N–H and O–H groups in total. The summed E-state index contributed by atoms with van der Waals surface area (Å²) in [4.78, 5) is 38.0. The van der Waals surface area contributed by atoms with Crippen molar-refractivity contribution < 1.29 is 19.1 Å². The van der Waals surface area contributed by atoms with Crippen molar-refractivity contribution >= 4 is 41.2 Å². The number of imide groups is 2. The molecule has 0 saturated carbocycles. The lowest BCUT2D eigenvalue weighted by Gasteiger charge is -2.26. The van der Waals surface area contributed by atoms with E-state index >= 15 is 0 Å². The quantitative estimate of drug-likeness (QED) is 0.661. The zero-order valence-corrected chi connectivity index (χ0v) is 14.6. The summed E-state index contributed by atoms with van der Waals surface area (Å²) >= 11 is 6.06. The fourth-order valence-corrected chi connectivity index (χ4v) is 2.79. The third kappa shape index (κ3) is 3.60. The smallest absolute Gasteiger partial charge is 0.335 e. The summed E-state index contributed by atoms with van der Waals surface area (Å²) in [6, 6.07) is 12.5. The molecular weight excluding hydrogens is 356 g/mol. The van der Waals surface area contributed by atoms with Crippen LogP contribution in [0.1, 0.15) is 12.5 Å². The topological polar surface area (TPSA) is 75.7 Å². The van der Waals surface area contributed by atoms with Crippen molar-refractivity contribution in [1.82, 2.24) is 5.32 Å². The number of hydrogen-bond donors (Lipinski definition) is 1. The van der Waals surface area contributed by atoms with Gasteiger partial charge in [-0.25, -0.2) is 9.69 Å². The van der Waals surface area contributed by atoms with Gasteiger partial charge in [-0.15, -0.1) is 0 Å². The lowest BCUT2D eigenvalue weighted by molar-refractivity contribution is -0.122. The summed E-state index contributed by atoms with van der Waals surface area (Å²) in [5, 5.41) is 2.58. The average Bonchev–Trinajstić information content (AvgIpc) is 2.59. The highest BCUT2D eigenvalue weighted by molar-refractivity contribution is 6.39. The number of nitrogens with one attached hydrogen (secondary N) is 1. The van der Waals surface area contributed by atoms with E-state index in [1.54, 1.807) is 48.5 Å². The molecule has 132 valence electrons. The molecule has 1 fully saturated rings.